The van der Waals surface area contributed by atoms with Crippen LogP contribution >= 0.6 is 0 Å². The molecule has 1 N–H and O–H groups in total. The minimum atomic E-state index is -0.593. The Morgan fingerprint density at radius 3 is 2.62 bits per heavy atom. The van der Waals surface area contributed by atoms with Gasteiger partial charge in [-0.05, 0) is 18.9 Å². The molecule has 24 heavy (non-hydrogen) atoms. The van der Waals surface area contributed by atoms with Crippen LogP contribution in [0.2, 0.25) is 0 Å². The maximum atomic E-state index is 12.7. The van der Waals surface area contributed by atoms with Crippen LogP contribution in [0.1, 0.15) is 36.7 Å². The summed E-state index contributed by atoms with van der Waals surface area (Å²) >= 11 is 0. The van der Waals surface area contributed by atoms with E-state index in [1.165, 1.54) is 12.0 Å². The molecule has 1 saturated heterocycles. The van der Waals surface area contributed by atoms with Crippen molar-refractivity contribution in [3.8, 4) is 0 Å². The molecule has 1 atom stereocenters. The average molecular weight is 329 g/mol. The van der Waals surface area contributed by atoms with Crippen LogP contribution in [0.25, 0.3) is 0 Å². The third-order valence-corrected chi connectivity index (χ3v) is 4.61. The maximum absolute atomic E-state index is 12.7. The molecule has 0 bridgehead atoms. The lowest BCUT2D eigenvalue weighted by Gasteiger charge is -2.36. The van der Waals surface area contributed by atoms with Crippen molar-refractivity contribution in [2.24, 2.45) is 5.92 Å². The van der Waals surface area contributed by atoms with Gasteiger partial charge >= 0.3 is 0 Å². The number of ether oxygens (including phenoxy) is 1. The predicted octanol–water partition coefficient (Wildman–Crippen LogP) is 2.38. The van der Waals surface area contributed by atoms with Gasteiger partial charge < -0.3 is 14.6 Å². The third kappa shape index (κ3) is 3.64. The highest BCUT2D eigenvalue weighted by Gasteiger charge is 2.40. The van der Waals surface area contributed by atoms with Gasteiger partial charge in [0.2, 0.25) is 12.3 Å². The van der Waals surface area contributed by atoms with Gasteiger partial charge in [-0.2, -0.15) is 4.98 Å². The van der Waals surface area contributed by atoms with Crippen LogP contribution in [-0.2, 0) is 21.5 Å². The molecule has 6 nitrogen and oxygen atoms in total. The fourth-order valence-electron chi connectivity index (χ4n) is 3.04. The Morgan fingerprint density at radius 2 is 2.00 bits per heavy atom. The smallest absolute Gasteiger partial charge is 0.223 e. The highest BCUT2D eigenvalue weighted by Crippen LogP contribution is 2.30. The Hall–Kier alpha value is -2.21. The number of hydrogen-bond acceptors (Lipinski definition) is 5. The van der Waals surface area contributed by atoms with Crippen LogP contribution in [0, 0.1) is 12.8 Å². The quantitative estimate of drug-likeness (QED) is 0.911. The normalized spacial score (nSPS) is 18.1. The fourth-order valence-corrected chi connectivity index (χ4v) is 3.04. The molecule has 0 saturated carbocycles. The van der Waals surface area contributed by atoms with E-state index in [1.54, 1.807) is 0 Å². The summed E-state index contributed by atoms with van der Waals surface area (Å²) in [5.41, 5.74) is 1.78. The highest BCUT2D eigenvalue weighted by molar-refractivity contribution is 5.79. The van der Waals surface area contributed by atoms with Crippen molar-refractivity contribution in [1.82, 2.24) is 15.5 Å². The van der Waals surface area contributed by atoms with Gasteiger partial charge in [-0.1, -0.05) is 41.9 Å². The van der Waals surface area contributed by atoms with E-state index in [4.69, 9.17) is 9.26 Å². The molecule has 0 spiro atoms. The molecule has 1 aliphatic rings. The molecule has 2 aromatic rings. The number of nitrogens with one attached hydrogen (secondary N) is 1. The fraction of sp³-hybridized carbons (Fsp3) is 0.500. The molecule has 1 aromatic carbocycles. The summed E-state index contributed by atoms with van der Waals surface area (Å²) < 4.78 is 10.3. The summed E-state index contributed by atoms with van der Waals surface area (Å²) in [6.07, 6.45) is 3.30. The van der Waals surface area contributed by atoms with Gasteiger partial charge in [0.05, 0.1) is 0 Å². The zero-order valence-corrected chi connectivity index (χ0v) is 14.1. The van der Waals surface area contributed by atoms with E-state index >= 15 is 0 Å². The van der Waals surface area contributed by atoms with Crippen molar-refractivity contribution in [3.05, 3.63) is 47.6 Å². The topological polar surface area (TPSA) is 77.3 Å². The van der Waals surface area contributed by atoms with Crippen LogP contribution in [0.5, 0.6) is 0 Å². The van der Waals surface area contributed by atoms with Gasteiger partial charge in [-0.3, -0.25) is 4.79 Å². The molecule has 0 radical (unpaired) electrons. The number of aryl methyl sites for hydroxylation is 1. The number of nitrogens with zero attached hydrogens (tertiary/aromatic N) is 2. The Labute approximate surface area is 141 Å². The molecular weight excluding hydrogens is 306 g/mol. The molecule has 1 fully saturated rings. The first-order chi connectivity index (χ1) is 11.6. The summed E-state index contributed by atoms with van der Waals surface area (Å²) in [6, 6.07) is 8.28. The molecule has 3 rings (SSSR count). The molecule has 6 heteroatoms. The Morgan fingerprint density at radius 1 is 1.29 bits per heavy atom. The highest BCUT2D eigenvalue weighted by atomic mass is 16.5. The molecule has 1 aromatic heterocycles. The van der Waals surface area contributed by atoms with E-state index in [-0.39, 0.29) is 11.8 Å². The van der Waals surface area contributed by atoms with Crippen molar-refractivity contribution < 1.29 is 14.1 Å². The zero-order valence-electron chi connectivity index (χ0n) is 14.1. The van der Waals surface area contributed by atoms with Crippen molar-refractivity contribution in [1.29, 1.82) is 0 Å². The summed E-state index contributed by atoms with van der Waals surface area (Å²) in [6.45, 7) is 5.14. The number of rotatable bonds is 5. The Bertz CT molecular complexity index is 661. The van der Waals surface area contributed by atoms with Crippen LogP contribution in [-0.4, -0.2) is 29.3 Å². The lowest BCUT2D eigenvalue weighted by molar-refractivity contribution is -0.128. The van der Waals surface area contributed by atoms with E-state index < -0.39 is 5.54 Å². The molecule has 128 valence electrons. The monoisotopic (exact) mass is 329 g/mol. The lowest BCUT2D eigenvalue weighted by Crippen LogP contribution is -2.51. The van der Waals surface area contributed by atoms with Crippen molar-refractivity contribution >= 4 is 5.91 Å². The van der Waals surface area contributed by atoms with Crippen molar-refractivity contribution in [2.45, 2.75) is 38.6 Å². The molecule has 2 heterocycles. The van der Waals surface area contributed by atoms with Gasteiger partial charge in [0.15, 0.2) is 5.82 Å². The van der Waals surface area contributed by atoms with Gasteiger partial charge in [0, 0.05) is 32.0 Å². The largest absolute Gasteiger partial charge is 0.381 e. The van der Waals surface area contributed by atoms with E-state index in [0.717, 1.165) is 5.56 Å². The standard InChI is InChI=1S/C18H23N3O3/c1-13-3-5-15(6-4-13)11-14(2)16(22)20-18(7-9-23-10-8-18)17-19-12-24-21-17/h3-6,12,14H,7-11H2,1-2H3,(H,20,22)/t14-/m1/s1. The molecule has 1 amide bonds. The van der Waals surface area contributed by atoms with Gasteiger partial charge in [-0.25, -0.2) is 0 Å². The van der Waals surface area contributed by atoms with E-state index in [9.17, 15) is 4.79 Å². The molecule has 1 aliphatic heterocycles. The van der Waals surface area contributed by atoms with E-state index in [0.29, 0.717) is 38.3 Å². The first-order valence-electron chi connectivity index (χ1n) is 8.31. The average Bonchev–Trinajstić information content (AvgIpc) is 3.13. The molecule has 0 unspecified atom stereocenters. The maximum Gasteiger partial charge on any atom is 0.223 e. The predicted molar refractivity (Wildman–Crippen MR) is 88.2 cm³/mol. The summed E-state index contributed by atoms with van der Waals surface area (Å²) in [5.74, 6) is 0.392. The Balaban J connectivity index is 1.70. The molecule has 0 aliphatic carbocycles. The number of carbonyl (C=O) groups excluding carboxylic acids is 1. The number of carbonyl (C=O) groups is 1. The summed E-state index contributed by atoms with van der Waals surface area (Å²) in [4.78, 5) is 16.9. The number of aromatic nitrogens is 2. The van der Waals surface area contributed by atoms with Crippen molar-refractivity contribution in [2.75, 3.05) is 13.2 Å². The van der Waals surface area contributed by atoms with E-state index in [2.05, 4.69) is 46.6 Å². The van der Waals surface area contributed by atoms with Crippen LogP contribution in [0.15, 0.2) is 35.2 Å². The Kier molecular flexibility index (Phi) is 4.94. The van der Waals surface area contributed by atoms with Crippen LogP contribution < -0.4 is 5.32 Å². The zero-order chi connectivity index (χ0) is 17.0. The van der Waals surface area contributed by atoms with Crippen molar-refractivity contribution in [3.63, 3.8) is 0 Å². The van der Waals surface area contributed by atoms with Crippen LogP contribution in [0.4, 0.5) is 0 Å². The van der Waals surface area contributed by atoms with Gasteiger partial charge in [-0.15, -0.1) is 0 Å². The first-order valence-corrected chi connectivity index (χ1v) is 8.31. The number of benzene rings is 1. The lowest BCUT2D eigenvalue weighted by atomic mass is 9.88. The van der Waals surface area contributed by atoms with Gasteiger partial charge in [0.25, 0.3) is 0 Å². The molecular formula is C18H23N3O3. The minimum absolute atomic E-state index is 0.00211. The summed E-state index contributed by atoms with van der Waals surface area (Å²) in [7, 11) is 0. The minimum Gasteiger partial charge on any atom is -0.381 e. The second-order valence-corrected chi connectivity index (χ2v) is 6.53. The third-order valence-electron chi connectivity index (χ3n) is 4.61. The second-order valence-electron chi connectivity index (χ2n) is 6.53. The van der Waals surface area contributed by atoms with Gasteiger partial charge in [0.1, 0.15) is 5.54 Å². The summed E-state index contributed by atoms with van der Waals surface area (Å²) in [5, 5.41) is 7.12. The second kappa shape index (κ2) is 7.13. The van der Waals surface area contributed by atoms with E-state index in [1.807, 2.05) is 6.92 Å². The van der Waals surface area contributed by atoms with Crippen LogP contribution in [0.3, 0.4) is 0 Å². The SMILES string of the molecule is Cc1ccc(C[C@@H](C)C(=O)NC2(c3ncon3)CCOCC2)cc1. The first kappa shape index (κ1) is 16.6. The number of hydrogen-bond donors (Lipinski definition) is 1. The number of amides is 1.